The predicted octanol–water partition coefficient (Wildman–Crippen LogP) is 13.9. The molecule has 0 spiro atoms. The van der Waals surface area contributed by atoms with E-state index in [1.54, 1.807) is 97.1 Å². The highest BCUT2D eigenvalue weighted by atomic mass is 16.6. The highest BCUT2D eigenvalue weighted by Gasteiger charge is 2.39. The molecule has 0 aliphatic rings. The molecule has 8 aromatic carbocycles. The van der Waals surface area contributed by atoms with E-state index < -0.39 is 103 Å². The number of methoxy groups -OCH3 is 4. The summed E-state index contributed by atoms with van der Waals surface area (Å²) in [5.41, 5.74) is -1.08. The van der Waals surface area contributed by atoms with Crippen molar-refractivity contribution >= 4 is 71.6 Å². The Morgan fingerprint density at radius 3 is 0.646 bits per heavy atom. The standard InChI is InChI=1S/C85H84O28/c1-98-61-29-21-57(22-30-61)81(94)111-71-49-45-67(46-50-71)107-78(91)16-8-5-13-73(86)102-54-53-85(113-80(93)20-12-11-19-79(92)108-68-47-51-72(52-48-68)112-82(95)58-23-31-62(99-2)32-24-58,55-103-74(87)14-6-9-17-76(89)105-65-33-25-59(26-34-65)83(96)109-69-41-37-63(100-3)38-42-69)56-104-75(88)15-7-10-18-77(90)106-66-35-27-60(28-36-66)84(97)110-70-43-39-64(101-4)40-44-70/h21-52H,5-20,53-56H2,1-4H3. The molecule has 0 N–H and O–H groups in total. The third-order valence-corrected chi connectivity index (χ3v) is 16.6. The molecule has 0 aliphatic carbocycles. The molecule has 0 aliphatic heterocycles. The maximum Gasteiger partial charge on any atom is 0.343 e. The van der Waals surface area contributed by atoms with Gasteiger partial charge in [0.05, 0.1) is 57.3 Å². The molecule has 113 heavy (non-hydrogen) atoms. The highest BCUT2D eigenvalue weighted by molar-refractivity contribution is 5.93. The van der Waals surface area contributed by atoms with Gasteiger partial charge in [0, 0.05) is 57.8 Å². The van der Waals surface area contributed by atoms with E-state index >= 15 is 0 Å². The molecule has 0 saturated heterocycles. The van der Waals surface area contributed by atoms with Crippen LogP contribution < -0.4 is 56.8 Å². The molecule has 28 nitrogen and oxygen atoms in total. The van der Waals surface area contributed by atoms with Gasteiger partial charge in [-0.25, -0.2) is 19.2 Å². The van der Waals surface area contributed by atoms with Crippen molar-refractivity contribution in [2.45, 2.75) is 115 Å². The molecule has 0 amide bonds. The van der Waals surface area contributed by atoms with Gasteiger partial charge in [0.1, 0.15) is 82.2 Å². The van der Waals surface area contributed by atoms with E-state index in [0.717, 1.165) is 0 Å². The smallest absolute Gasteiger partial charge is 0.343 e. The number of hydrogen-bond acceptors (Lipinski definition) is 28. The summed E-state index contributed by atoms with van der Waals surface area (Å²) in [6.07, 6.45) is -0.927. The second-order valence-electron chi connectivity index (χ2n) is 25.0. The van der Waals surface area contributed by atoms with Gasteiger partial charge in [-0.2, -0.15) is 0 Å². The van der Waals surface area contributed by atoms with Crippen molar-refractivity contribution in [2.24, 2.45) is 0 Å². The summed E-state index contributed by atoms with van der Waals surface area (Å²) in [6, 6.07) is 48.4. The monoisotopic (exact) mass is 1550 g/mol. The Bertz CT molecular complexity index is 4340. The fourth-order valence-corrected chi connectivity index (χ4v) is 10.3. The first-order valence-electron chi connectivity index (χ1n) is 36.0. The number of hydrogen-bond donors (Lipinski definition) is 0. The van der Waals surface area contributed by atoms with Gasteiger partial charge >= 0.3 is 71.6 Å². The molecular formula is C85H84O28. The van der Waals surface area contributed by atoms with E-state index in [1.807, 2.05) is 0 Å². The quantitative estimate of drug-likeness (QED) is 0.0148. The van der Waals surface area contributed by atoms with Crippen molar-refractivity contribution in [1.29, 1.82) is 0 Å². The van der Waals surface area contributed by atoms with Crippen LogP contribution in [0.3, 0.4) is 0 Å². The van der Waals surface area contributed by atoms with Gasteiger partial charge in [-0.15, -0.1) is 0 Å². The van der Waals surface area contributed by atoms with Crippen LogP contribution in [0.1, 0.15) is 151 Å². The van der Waals surface area contributed by atoms with E-state index in [-0.39, 0.29) is 171 Å². The summed E-state index contributed by atoms with van der Waals surface area (Å²) >= 11 is 0. The first-order valence-corrected chi connectivity index (χ1v) is 36.0. The Balaban J connectivity index is 0.864. The zero-order valence-electron chi connectivity index (χ0n) is 62.5. The Morgan fingerprint density at radius 1 is 0.221 bits per heavy atom. The number of carbonyl (C=O) groups excluding carboxylic acids is 12. The van der Waals surface area contributed by atoms with Gasteiger partial charge in [-0.1, -0.05) is 0 Å². The van der Waals surface area contributed by atoms with Crippen molar-refractivity contribution in [2.75, 3.05) is 48.3 Å². The Morgan fingerprint density at radius 2 is 0.407 bits per heavy atom. The summed E-state index contributed by atoms with van der Waals surface area (Å²) in [7, 11) is 6.01. The minimum absolute atomic E-state index is 0.0588. The molecule has 0 aromatic heterocycles. The van der Waals surface area contributed by atoms with Gasteiger partial charge in [0.2, 0.25) is 0 Å². The Labute approximate surface area is 650 Å². The van der Waals surface area contributed by atoms with Gasteiger partial charge < -0.3 is 75.8 Å². The number of rotatable bonds is 44. The number of carbonyl (C=O) groups is 12. The van der Waals surface area contributed by atoms with E-state index in [2.05, 4.69) is 0 Å². The summed E-state index contributed by atoms with van der Waals surface area (Å²) < 4.78 is 87.1. The van der Waals surface area contributed by atoms with Crippen LogP contribution >= 0.6 is 0 Å². The van der Waals surface area contributed by atoms with Gasteiger partial charge in [0.25, 0.3) is 0 Å². The number of ether oxygens (including phenoxy) is 16. The third-order valence-electron chi connectivity index (χ3n) is 16.6. The van der Waals surface area contributed by atoms with Crippen LogP contribution in [0, 0.1) is 0 Å². The molecule has 0 atom stereocenters. The first-order chi connectivity index (χ1) is 54.6. The molecule has 8 rings (SSSR count). The Hall–Kier alpha value is -13.4. The second-order valence-corrected chi connectivity index (χ2v) is 25.0. The minimum Gasteiger partial charge on any atom is -0.497 e. The van der Waals surface area contributed by atoms with Crippen LogP contribution in [0.5, 0.6) is 69.0 Å². The van der Waals surface area contributed by atoms with Gasteiger partial charge in [-0.3, -0.25) is 38.4 Å². The Kier molecular flexibility index (Phi) is 33.9. The molecule has 0 heterocycles. The fourth-order valence-electron chi connectivity index (χ4n) is 10.3. The first kappa shape index (κ1) is 85.2. The van der Waals surface area contributed by atoms with Gasteiger partial charge in [0.15, 0.2) is 5.60 Å². The molecule has 0 unspecified atom stereocenters. The molecule has 0 fully saturated rings. The number of unbranched alkanes of at least 4 members (excludes halogenated alkanes) is 4. The largest absolute Gasteiger partial charge is 0.497 e. The molecule has 8 aromatic rings. The van der Waals surface area contributed by atoms with Crippen LogP contribution in [0.25, 0.3) is 0 Å². The van der Waals surface area contributed by atoms with Gasteiger partial charge in [-0.05, 0) is 245 Å². The van der Waals surface area contributed by atoms with Crippen molar-refractivity contribution in [3.8, 4) is 69.0 Å². The topological polar surface area (TPSA) is 353 Å². The SMILES string of the molecule is COc1ccc(OC(=O)c2ccc(OC(=O)CCCCC(=O)OCC(CCOC(=O)CCCCC(=O)Oc3ccc(OC(=O)c4ccc(OC)cc4)cc3)(COC(=O)CCCCC(=O)Oc3ccc(C(=O)Oc4ccc(OC)cc4)cc3)OC(=O)CCCCC(=O)Oc3ccc(OC(=O)c4ccc(OC)cc4)cc3)cc2)cc1. The van der Waals surface area contributed by atoms with Crippen LogP contribution in [0.2, 0.25) is 0 Å². The van der Waals surface area contributed by atoms with Crippen molar-refractivity contribution < 1.29 is 133 Å². The molecular weight excluding hydrogens is 1470 g/mol. The molecule has 0 bridgehead atoms. The average molecular weight is 1550 g/mol. The van der Waals surface area contributed by atoms with E-state index in [9.17, 15) is 57.5 Å². The lowest BCUT2D eigenvalue weighted by Crippen LogP contribution is -2.46. The summed E-state index contributed by atoms with van der Waals surface area (Å²) in [4.78, 5) is 157. The average Bonchev–Trinajstić information content (AvgIpc) is 0.829. The summed E-state index contributed by atoms with van der Waals surface area (Å²) in [5.74, 6) is -4.53. The number of benzene rings is 8. The predicted molar refractivity (Wildman–Crippen MR) is 400 cm³/mol. The molecule has 592 valence electrons. The maximum atomic E-state index is 14.0. The zero-order valence-corrected chi connectivity index (χ0v) is 62.5. The molecule has 0 saturated carbocycles. The van der Waals surface area contributed by atoms with Crippen molar-refractivity contribution in [3.63, 3.8) is 0 Å². The summed E-state index contributed by atoms with van der Waals surface area (Å²) in [6.45, 7) is -1.96. The van der Waals surface area contributed by atoms with Crippen LogP contribution in [0.15, 0.2) is 194 Å². The van der Waals surface area contributed by atoms with E-state index in [4.69, 9.17) is 75.8 Å². The highest BCUT2D eigenvalue weighted by Crippen LogP contribution is 2.28. The van der Waals surface area contributed by atoms with Crippen molar-refractivity contribution in [1.82, 2.24) is 0 Å². The summed E-state index contributed by atoms with van der Waals surface area (Å²) in [5, 5.41) is 0. The van der Waals surface area contributed by atoms with E-state index in [1.165, 1.54) is 126 Å². The molecule has 0 radical (unpaired) electrons. The number of esters is 12. The third kappa shape index (κ3) is 30.2. The fraction of sp³-hybridized carbons (Fsp3) is 0.294. The van der Waals surface area contributed by atoms with Crippen LogP contribution in [-0.2, 0) is 57.3 Å². The lowest BCUT2D eigenvalue weighted by molar-refractivity contribution is -0.188. The van der Waals surface area contributed by atoms with Crippen LogP contribution in [-0.4, -0.2) is 125 Å². The lowest BCUT2D eigenvalue weighted by atomic mass is 10.0. The maximum absolute atomic E-state index is 14.0. The molecule has 28 heteroatoms. The second kappa shape index (κ2) is 44.9. The normalized spacial score (nSPS) is 10.7. The zero-order chi connectivity index (χ0) is 80.7. The van der Waals surface area contributed by atoms with E-state index in [0.29, 0.717) is 23.0 Å². The van der Waals surface area contributed by atoms with Crippen LogP contribution in [0.4, 0.5) is 0 Å². The minimum atomic E-state index is -2.02. The van der Waals surface area contributed by atoms with Crippen molar-refractivity contribution in [3.05, 3.63) is 216 Å². The lowest BCUT2D eigenvalue weighted by Gasteiger charge is -2.32.